The molecule has 0 aliphatic heterocycles. The molecule has 2 heteroatoms. The first kappa shape index (κ1) is 16.2. The molecule has 1 aromatic rings. The van der Waals surface area contributed by atoms with Crippen LogP contribution in [0, 0.1) is 13.8 Å². The average Bonchev–Trinajstić information content (AvgIpc) is 2.34. The van der Waals surface area contributed by atoms with Crippen LogP contribution in [0.1, 0.15) is 50.3 Å². The Morgan fingerprint density at radius 2 is 1.58 bits per heavy atom. The van der Waals surface area contributed by atoms with E-state index in [1.165, 1.54) is 16.7 Å². The van der Waals surface area contributed by atoms with Crippen LogP contribution in [0.4, 0.5) is 0 Å². The molecule has 0 saturated heterocycles. The van der Waals surface area contributed by atoms with Crippen LogP contribution in [0.15, 0.2) is 18.2 Å². The first-order chi connectivity index (χ1) is 8.97. The zero-order chi connectivity index (χ0) is 14.5. The average molecular weight is 264 g/mol. The minimum atomic E-state index is -0.455. The van der Waals surface area contributed by atoms with Crippen molar-refractivity contribution in [1.82, 2.24) is 0 Å². The summed E-state index contributed by atoms with van der Waals surface area (Å²) in [4.78, 5) is 0. The van der Waals surface area contributed by atoms with Gasteiger partial charge >= 0.3 is 0 Å². The van der Waals surface area contributed by atoms with Crippen molar-refractivity contribution in [2.45, 2.75) is 65.6 Å². The molecular formula is C17H28O2. The second-order valence-electron chi connectivity index (χ2n) is 5.42. The minimum absolute atomic E-state index is 0.410. The van der Waals surface area contributed by atoms with E-state index in [0.717, 1.165) is 12.8 Å². The van der Waals surface area contributed by atoms with E-state index in [0.29, 0.717) is 13.0 Å². The number of benzene rings is 1. The molecule has 0 heterocycles. The van der Waals surface area contributed by atoms with Crippen LogP contribution in [0.25, 0.3) is 0 Å². The Morgan fingerprint density at radius 1 is 1.05 bits per heavy atom. The summed E-state index contributed by atoms with van der Waals surface area (Å²) in [7, 11) is 0. The standard InChI is InChI=1S/C17H28O2/c1-6-17(7-2,19-8-3)16(18)12-15-10-13(4)9-14(5)11-15/h9-11,16,18H,6-8,12H2,1-5H3. The maximum absolute atomic E-state index is 10.6. The molecule has 1 aromatic carbocycles. The van der Waals surface area contributed by atoms with Crippen LogP contribution in [-0.2, 0) is 11.2 Å². The first-order valence-corrected chi connectivity index (χ1v) is 7.36. The molecule has 2 nitrogen and oxygen atoms in total. The number of hydrogen-bond donors (Lipinski definition) is 1. The molecule has 0 fully saturated rings. The van der Waals surface area contributed by atoms with Crippen molar-refractivity contribution in [1.29, 1.82) is 0 Å². The highest BCUT2D eigenvalue weighted by Crippen LogP contribution is 2.27. The quantitative estimate of drug-likeness (QED) is 0.811. The summed E-state index contributed by atoms with van der Waals surface area (Å²) >= 11 is 0. The van der Waals surface area contributed by atoms with E-state index in [1.54, 1.807) is 0 Å². The van der Waals surface area contributed by atoms with Gasteiger partial charge in [0, 0.05) is 13.0 Å². The van der Waals surface area contributed by atoms with E-state index in [4.69, 9.17) is 4.74 Å². The maximum Gasteiger partial charge on any atom is 0.0938 e. The lowest BCUT2D eigenvalue weighted by Gasteiger charge is -2.36. The third-order valence-electron chi connectivity index (χ3n) is 3.95. The summed E-state index contributed by atoms with van der Waals surface area (Å²) in [6, 6.07) is 6.46. The van der Waals surface area contributed by atoms with E-state index in [9.17, 15) is 5.11 Å². The van der Waals surface area contributed by atoms with Crippen LogP contribution >= 0.6 is 0 Å². The SMILES string of the molecule is CCOC(CC)(CC)C(O)Cc1cc(C)cc(C)c1. The third-order valence-corrected chi connectivity index (χ3v) is 3.95. The van der Waals surface area contributed by atoms with Gasteiger partial charge in [0.25, 0.3) is 0 Å². The number of aliphatic hydroxyl groups excluding tert-OH is 1. The Bertz CT molecular complexity index is 374. The van der Waals surface area contributed by atoms with Crippen molar-refractivity contribution in [3.8, 4) is 0 Å². The number of aryl methyl sites for hydroxylation is 2. The second kappa shape index (κ2) is 7.06. The fourth-order valence-corrected chi connectivity index (χ4v) is 2.91. The summed E-state index contributed by atoms with van der Waals surface area (Å²) in [6.07, 6.45) is 1.88. The van der Waals surface area contributed by atoms with Crippen LogP contribution in [0.5, 0.6) is 0 Å². The molecular weight excluding hydrogens is 236 g/mol. The topological polar surface area (TPSA) is 29.5 Å². The second-order valence-corrected chi connectivity index (χ2v) is 5.42. The van der Waals surface area contributed by atoms with Crippen molar-refractivity contribution in [3.63, 3.8) is 0 Å². The Morgan fingerprint density at radius 3 is 2.00 bits per heavy atom. The summed E-state index contributed by atoms with van der Waals surface area (Å²) in [5.74, 6) is 0. The highest BCUT2D eigenvalue weighted by atomic mass is 16.5. The molecule has 1 N–H and O–H groups in total. The largest absolute Gasteiger partial charge is 0.390 e. The number of aliphatic hydroxyl groups is 1. The molecule has 1 rings (SSSR count). The molecule has 0 spiro atoms. The Labute approximate surface area is 117 Å². The zero-order valence-corrected chi connectivity index (χ0v) is 13.0. The van der Waals surface area contributed by atoms with Crippen molar-refractivity contribution in [3.05, 3.63) is 34.9 Å². The Kier molecular flexibility index (Phi) is 6.02. The molecule has 19 heavy (non-hydrogen) atoms. The molecule has 0 radical (unpaired) electrons. The molecule has 0 aliphatic carbocycles. The molecule has 0 aliphatic rings. The predicted octanol–water partition coefficient (Wildman–Crippen LogP) is 3.80. The van der Waals surface area contributed by atoms with Crippen LogP contribution in [0.2, 0.25) is 0 Å². The van der Waals surface area contributed by atoms with Gasteiger partial charge in [-0.3, -0.25) is 0 Å². The van der Waals surface area contributed by atoms with Gasteiger partial charge in [-0.25, -0.2) is 0 Å². The molecule has 0 aromatic heterocycles. The van der Waals surface area contributed by atoms with E-state index < -0.39 is 11.7 Å². The third kappa shape index (κ3) is 4.05. The van der Waals surface area contributed by atoms with E-state index >= 15 is 0 Å². The van der Waals surface area contributed by atoms with Gasteiger partial charge in [0.05, 0.1) is 11.7 Å². The van der Waals surface area contributed by atoms with Crippen molar-refractivity contribution in [2.24, 2.45) is 0 Å². The van der Waals surface area contributed by atoms with Gasteiger partial charge in [-0.2, -0.15) is 0 Å². The van der Waals surface area contributed by atoms with Crippen molar-refractivity contribution >= 4 is 0 Å². The number of ether oxygens (including phenoxy) is 1. The lowest BCUT2D eigenvalue weighted by molar-refractivity contribution is -0.124. The summed E-state index contributed by atoms with van der Waals surface area (Å²) < 4.78 is 5.87. The fourth-order valence-electron chi connectivity index (χ4n) is 2.91. The maximum atomic E-state index is 10.6. The Balaban J connectivity index is 2.89. The van der Waals surface area contributed by atoms with Crippen molar-refractivity contribution < 1.29 is 9.84 Å². The minimum Gasteiger partial charge on any atom is -0.390 e. The molecule has 0 amide bonds. The molecule has 108 valence electrons. The van der Waals surface area contributed by atoms with E-state index in [2.05, 4.69) is 45.9 Å². The van der Waals surface area contributed by atoms with Gasteiger partial charge in [-0.05, 0) is 39.2 Å². The normalized spacial score (nSPS) is 13.6. The highest BCUT2D eigenvalue weighted by molar-refractivity contribution is 5.29. The van der Waals surface area contributed by atoms with Crippen LogP contribution in [-0.4, -0.2) is 23.4 Å². The number of hydrogen-bond acceptors (Lipinski definition) is 2. The highest BCUT2D eigenvalue weighted by Gasteiger charge is 2.35. The van der Waals surface area contributed by atoms with Gasteiger partial charge in [0.2, 0.25) is 0 Å². The van der Waals surface area contributed by atoms with Gasteiger partial charge in [-0.15, -0.1) is 0 Å². The Hall–Kier alpha value is -0.860. The zero-order valence-electron chi connectivity index (χ0n) is 13.0. The molecule has 1 atom stereocenters. The van der Waals surface area contributed by atoms with Crippen LogP contribution < -0.4 is 0 Å². The van der Waals surface area contributed by atoms with E-state index in [-0.39, 0.29) is 0 Å². The molecule has 1 unspecified atom stereocenters. The van der Waals surface area contributed by atoms with Gasteiger partial charge in [-0.1, -0.05) is 43.2 Å². The summed E-state index contributed by atoms with van der Waals surface area (Å²) in [5.41, 5.74) is 3.28. The van der Waals surface area contributed by atoms with Gasteiger partial charge in [0.1, 0.15) is 0 Å². The lowest BCUT2D eigenvalue weighted by Crippen LogP contribution is -2.45. The van der Waals surface area contributed by atoms with Crippen LogP contribution in [0.3, 0.4) is 0 Å². The predicted molar refractivity (Wildman–Crippen MR) is 80.6 cm³/mol. The van der Waals surface area contributed by atoms with Crippen molar-refractivity contribution in [2.75, 3.05) is 6.61 Å². The first-order valence-electron chi connectivity index (χ1n) is 7.36. The van der Waals surface area contributed by atoms with Gasteiger partial charge in [0.15, 0.2) is 0 Å². The fraction of sp³-hybridized carbons (Fsp3) is 0.647. The van der Waals surface area contributed by atoms with E-state index in [1.807, 2.05) is 6.92 Å². The number of rotatable bonds is 7. The smallest absolute Gasteiger partial charge is 0.0938 e. The monoisotopic (exact) mass is 264 g/mol. The summed E-state index contributed by atoms with van der Waals surface area (Å²) in [5, 5.41) is 10.6. The summed E-state index contributed by atoms with van der Waals surface area (Å²) in [6.45, 7) is 11.0. The van der Waals surface area contributed by atoms with Gasteiger partial charge < -0.3 is 9.84 Å². The molecule has 0 saturated carbocycles. The lowest BCUT2D eigenvalue weighted by atomic mass is 9.86. The molecule has 0 bridgehead atoms.